The topological polar surface area (TPSA) is 72.4 Å². The Hall–Kier alpha value is -1.99. The third kappa shape index (κ3) is 4.51. The fraction of sp³-hybridized carbons (Fsp3) is 0.231. The highest BCUT2D eigenvalue weighted by molar-refractivity contribution is 7.18. The number of hydrogen-bond donors (Lipinski definition) is 0. The zero-order valence-electron chi connectivity index (χ0n) is 11.2. The van der Waals surface area contributed by atoms with Crippen molar-refractivity contribution < 1.29 is 14.3 Å². The zero-order valence-corrected chi connectivity index (χ0v) is 12.7. The lowest BCUT2D eigenvalue weighted by atomic mass is 10.3. The molecule has 8 heteroatoms. The van der Waals surface area contributed by atoms with E-state index in [0.29, 0.717) is 15.2 Å². The molecule has 110 valence electrons. The van der Waals surface area contributed by atoms with Crippen molar-refractivity contribution >= 4 is 40.6 Å². The van der Waals surface area contributed by atoms with Crippen molar-refractivity contribution in [3.8, 4) is 0 Å². The number of carbonyl (C=O) groups excluding carboxylic acids is 2. The van der Waals surface area contributed by atoms with Gasteiger partial charge in [0, 0.05) is 19.4 Å². The molecule has 0 radical (unpaired) electrons. The summed E-state index contributed by atoms with van der Waals surface area (Å²) in [6.07, 6.45) is 3.16. The standard InChI is InChI=1S/C13H12ClN3O3S/c1-17(13-15-5-2-6-16-13)7-12(19)20-8-9(18)10-3-4-11(14)21-10/h2-6H,7-8H2,1H3. The number of ketones is 1. The summed E-state index contributed by atoms with van der Waals surface area (Å²) in [6, 6.07) is 4.91. The molecule has 0 fully saturated rings. The first kappa shape index (κ1) is 15.4. The highest BCUT2D eigenvalue weighted by Gasteiger charge is 2.14. The van der Waals surface area contributed by atoms with E-state index < -0.39 is 5.97 Å². The number of likely N-dealkylation sites (N-methyl/N-ethyl adjacent to an activating group) is 1. The lowest BCUT2D eigenvalue weighted by Crippen LogP contribution is -2.29. The Morgan fingerprint density at radius 1 is 1.33 bits per heavy atom. The van der Waals surface area contributed by atoms with Gasteiger partial charge in [-0.25, -0.2) is 9.97 Å². The number of Topliss-reactive ketones (excluding diaryl/α,β-unsaturated/α-hetero) is 1. The van der Waals surface area contributed by atoms with E-state index in [9.17, 15) is 9.59 Å². The van der Waals surface area contributed by atoms with Gasteiger partial charge in [-0.2, -0.15) is 0 Å². The van der Waals surface area contributed by atoms with E-state index in [1.54, 1.807) is 37.6 Å². The fourth-order valence-corrected chi connectivity index (χ4v) is 2.45. The first-order chi connectivity index (χ1) is 10.1. The van der Waals surface area contributed by atoms with E-state index >= 15 is 0 Å². The Labute approximate surface area is 130 Å². The van der Waals surface area contributed by atoms with Crippen LogP contribution < -0.4 is 4.90 Å². The molecule has 0 spiro atoms. The monoisotopic (exact) mass is 325 g/mol. The summed E-state index contributed by atoms with van der Waals surface area (Å²) >= 11 is 6.89. The first-order valence-electron chi connectivity index (χ1n) is 5.98. The third-order valence-corrected chi connectivity index (χ3v) is 3.74. The van der Waals surface area contributed by atoms with Crippen LogP contribution in [0.5, 0.6) is 0 Å². The lowest BCUT2D eigenvalue weighted by Gasteiger charge is -2.15. The zero-order chi connectivity index (χ0) is 15.2. The van der Waals surface area contributed by atoms with Crippen molar-refractivity contribution in [1.82, 2.24) is 9.97 Å². The molecule has 0 bridgehead atoms. The largest absolute Gasteiger partial charge is 0.456 e. The number of rotatable bonds is 6. The van der Waals surface area contributed by atoms with Gasteiger partial charge in [-0.15, -0.1) is 11.3 Å². The second-order valence-electron chi connectivity index (χ2n) is 4.09. The predicted molar refractivity (Wildman–Crippen MR) is 79.9 cm³/mol. The summed E-state index contributed by atoms with van der Waals surface area (Å²) in [5.41, 5.74) is 0. The number of carbonyl (C=O) groups is 2. The second-order valence-corrected chi connectivity index (χ2v) is 5.81. The minimum atomic E-state index is -0.527. The highest BCUT2D eigenvalue weighted by atomic mass is 35.5. The molecular weight excluding hydrogens is 314 g/mol. The van der Waals surface area contributed by atoms with Crippen LogP contribution in [0.3, 0.4) is 0 Å². The molecule has 0 aliphatic heterocycles. The Bertz CT molecular complexity index is 633. The molecule has 0 saturated carbocycles. The second kappa shape index (κ2) is 7.14. The Morgan fingerprint density at radius 2 is 2.05 bits per heavy atom. The molecule has 0 amide bonds. The van der Waals surface area contributed by atoms with Crippen molar-refractivity contribution in [2.45, 2.75) is 0 Å². The molecule has 0 unspecified atom stereocenters. The average Bonchev–Trinajstić information content (AvgIpc) is 2.92. The molecule has 2 rings (SSSR count). The maximum Gasteiger partial charge on any atom is 0.326 e. The van der Waals surface area contributed by atoms with E-state index in [4.69, 9.17) is 16.3 Å². The SMILES string of the molecule is CN(CC(=O)OCC(=O)c1ccc(Cl)s1)c1ncccn1. The first-order valence-corrected chi connectivity index (χ1v) is 7.18. The number of hydrogen-bond acceptors (Lipinski definition) is 7. The maximum atomic E-state index is 11.8. The van der Waals surface area contributed by atoms with E-state index in [1.165, 1.54) is 4.90 Å². The quantitative estimate of drug-likeness (QED) is 0.598. The molecule has 21 heavy (non-hydrogen) atoms. The van der Waals surface area contributed by atoms with E-state index in [-0.39, 0.29) is 18.9 Å². The van der Waals surface area contributed by atoms with Gasteiger partial charge in [0.1, 0.15) is 6.54 Å². The van der Waals surface area contributed by atoms with Crippen LogP contribution >= 0.6 is 22.9 Å². The lowest BCUT2D eigenvalue weighted by molar-refractivity contribution is -0.140. The third-order valence-electron chi connectivity index (χ3n) is 2.47. The molecule has 0 aliphatic carbocycles. The Morgan fingerprint density at radius 3 is 2.67 bits per heavy atom. The molecule has 0 N–H and O–H groups in total. The number of nitrogens with zero attached hydrogens (tertiary/aromatic N) is 3. The van der Waals surface area contributed by atoms with Crippen LogP contribution in [-0.4, -0.2) is 41.9 Å². The molecule has 6 nitrogen and oxygen atoms in total. The van der Waals surface area contributed by atoms with Gasteiger partial charge in [0.25, 0.3) is 0 Å². The molecule has 2 aromatic heterocycles. The van der Waals surface area contributed by atoms with Crippen LogP contribution in [0.1, 0.15) is 9.67 Å². The Kier molecular flexibility index (Phi) is 5.24. The van der Waals surface area contributed by atoms with Gasteiger partial charge in [0.2, 0.25) is 11.7 Å². The van der Waals surface area contributed by atoms with Crippen LogP contribution in [0.25, 0.3) is 0 Å². The van der Waals surface area contributed by atoms with Crippen molar-refractivity contribution in [3.05, 3.63) is 39.8 Å². The van der Waals surface area contributed by atoms with Crippen LogP contribution in [0.15, 0.2) is 30.6 Å². The highest BCUT2D eigenvalue weighted by Crippen LogP contribution is 2.21. The van der Waals surface area contributed by atoms with Crippen molar-refractivity contribution in [2.75, 3.05) is 25.1 Å². The maximum absolute atomic E-state index is 11.8. The molecule has 2 heterocycles. The van der Waals surface area contributed by atoms with Gasteiger partial charge in [-0.05, 0) is 18.2 Å². The van der Waals surface area contributed by atoms with Crippen molar-refractivity contribution in [3.63, 3.8) is 0 Å². The van der Waals surface area contributed by atoms with Crippen molar-refractivity contribution in [2.24, 2.45) is 0 Å². The molecule has 0 aromatic carbocycles. The van der Waals surface area contributed by atoms with Gasteiger partial charge in [-0.3, -0.25) is 9.59 Å². The normalized spacial score (nSPS) is 10.2. The van der Waals surface area contributed by atoms with Gasteiger partial charge >= 0.3 is 5.97 Å². The smallest absolute Gasteiger partial charge is 0.326 e. The summed E-state index contributed by atoms with van der Waals surface area (Å²) < 4.78 is 5.46. The number of ether oxygens (including phenoxy) is 1. The number of halogens is 1. The average molecular weight is 326 g/mol. The van der Waals surface area contributed by atoms with Crippen LogP contribution in [-0.2, 0) is 9.53 Å². The van der Waals surface area contributed by atoms with Gasteiger partial charge in [0.05, 0.1) is 9.21 Å². The van der Waals surface area contributed by atoms with Crippen LogP contribution in [0.4, 0.5) is 5.95 Å². The van der Waals surface area contributed by atoms with Gasteiger partial charge < -0.3 is 9.64 Å². The summed E-state index contributed by atoms with van der Waals surface area (Å²) in [6.45, 7) is -0.346. The van der Waals surface area contributed by atoms with Crippen LogP contribution in [0.2, 0.25) is 4.34 Å². The van der Waals surface area contributed by atoms with E-state index in [1.807, 2.05) is 0 Å². The number of anilines is 1. The summed E-state index contributed by atoms with van der Waals surface area (Å²) in [5, 5.41) is 0. The molecular formula is C13H12ClN3O3S. The number of esters is 1. The molecule has 0 aliphatic rings. The van der Waals surface area contributed by atoms with Crippen molar-refractivity contribution in [1.29, 1.82) is 0 Å². The fourth-order valence-electron chi connectivity index (χ4n) is 1.48. The van der Waals surface area contributed by atoms with E-state index in [2.05, 4.69) is 9.97 Å². The minimum absolute atomic E-state index is 0.0392. The summed E-state index contributed by atoms with van der Waals surface area (Å²) in [7, 11) is 1.66. The molecule has 0 atom stereocenters. The summed E-state index contributed by atoms with van der Waals surface area (Å²) in [5.74, 6) is -0.398. The molecule has 2 aromatic rings. The minimum Gasteiger partial charge on any atom is -0.456 e. The Balaban J connectivity index is 1.81. The number of aromatic nitrogens is 2. The van der Waals surface area contributed by atoms with Gasteiger partial charge in [-0.1, -0.05) is 11.6 Å². The molecule has 0 saturated heterocycles. The predicted octanol–water partition coefficient (Wildman–Crippen LogP) is 2.05. The summed E-state index contributed by atoms with van der Waals surface area (Å²) in [4.78, 5) is 33.4. The van der Waals surface area contributed by atoms with E-state index in [0.717, 1.165) is 11.3 Å². The van der Waals surface area contributed by atoms with Crippen LogP contribution in [0, 0.1) is 0 Å². The van der Waals surface area contributed by atoms with Gasteiger partial charge in [0.15, 0.2) is 6.61 Å². The number of thiophene rings is 1.